The molecule has 3 nitrogen and oxygen atoms in total. The van der Waals surface area contributed by atoms with Crippen molar-refractivity contribution in [3.05, 3.63) is 12.2 Å². The molecule has 1 rings (SSSR count). The summed E-state index contributed by atoms with van der Waals surface area (Å²) in [6.45, 7) is 7.32. The van der Waals surface area contributed by atoms with Crippen molar-refractivity contribution in [3.8, 4) is 0 Å². The van der Waals surface area contributed by atoms with Crippen LogP contribution >= 0.6 is 0 Å². The molecule has 0 radical (unpaired) electrons. The van der Waals surface area contributed by atoms with Gasteiger partial charge < -0.3 is 10.2 Å². The Balaban J connectivity index is 3.02. The molecule has 2 N–H and O–H groups in total. The van der Waals surface area contributed by atoms with Crippen molar-refractivity contribution in [2.75, 3.05) is 0 Å². The lowest BCUT2D eigenvalue weighted by Crippen LogP contribution is -2.53. The van der Waals surface area contributed by atoms with Crippen molar-refractivity contribution in [2.45, 2.75) is 52.2 Å². The molecule has 1 aliphatic rings. The first-order chi connectivity index (χ1) is 7.19. The molecular formula is C13H22O3. The number of Topliss-reactive ketones (excluding diaryl/α,β-unsaturated/α-hetero) is 1. The van der Waals surface area contributed by atoms with E-state index >= 15 is 0 Å². The third-order valence-electron chi connectivity index (χ3n) is 3.64. The van der Waals surface area contributed by atoms with Crippen LogP contribution in [0.5, 0.6) is 0 Å². The Bertz CT molecular complexity index is 304. The molecule has 0 aromatic carbocycles. The second kappa shape index (κ2) is 4.30. The van der Waals surface area contributed by atoms with Crippen molar-refractivity contribution in [1.29, 1.82) is 0 Å². The van der Waals surface area contributed by atoms with Crippen LogP contribution in [0.4, 0.5) is 0 Å². The van der Waals surface area contributed by atoms with Gasteiger partial charge in [0.05, 0.1) is 11.7 Å². The minimum absolute atomic E-state index is 0.112. The molecule has 1 unspecified atom stereocenters. The standard InChI is InChI=1S/C13H22O3/c1-9-7-11(15)8-12(3,4)13(9,16)6-5-10(2)14/h5-6,9-10,14,16H,7-8H2,1-4H3/t9-,10?,13-/m1/s1. The zero-order valence-corrected chi connectivity index (χ0v) is 10.5. The molecule has 0 saturated heterocycles. The molecule has 1 aliphatic carbocycles. The first kappa shape index (κ1) is 13.4. The van der Waals surface area contributed by atoms with Crippen LogP contribution in [-0.2, 0) is 4.79 Å². The molecule has 16 heavy (non-hydrogen) atoms. The van der Waals surface area contributed by atoms with Gasteiger partial charge >= 0.3 is 0 Å². The number of carbonyl (C=O) groups excluding carboxylic acids is 1. The van der Waals surface area contributed by atoms with Gasteiger partial charge in [-0.25, -0.2) is 0 Å². The molecule has 1 fully saturated rings. The van der Waals surface area contributed by atoms with E-state index in [1.54, 1.807) is 19.1 Å². The van der Waals surface area contributed by atoms with Crippen molar-refractivity contribution in [3.63, 3.8) is 0 Å². The summed E-state index contributed by atoms with van der Waals surface area (Å²) in [4.78, 5) is 11.5. The van der Waals surface area contributed by atoms with Crippen molar-refractivity contribution < 1.29 is 15.0 Å². The number of aliphatic hydroxyl groups is 2. The van der Waals surface area contributed by atoms with Gasteiger partial charge in [0, 0.05) is 18.3 Å². The van der Waals surface area contributed by atoms with E-state index in [0.717, 1.165) is 0 Å². The molecule has 0 aromatic heterocycles. The highest BCUT2D eigenvalue weighted by atomic mass is 16.3. The van der Waals surface area contributed by atoms with E-state index in [-0.39, 0.29) is 11.7 Å². The van der Waals surface area contributed by atoms with E-state index in [1.807, 2.05) is 20.8 Å². The third kappa shape index (κ3) is 2.36. The molecule has 0 heterocycles. The van der Waals surface area contributed by atoms with Crippen LogP contribution in [0.1, 0.15) is 40.5 Å². The predicted octanol–water partition coefficient (Wildman–Crippen LogP) is 1.68. The van der Waals surface area contributed by atoms with E-state index < -0.39 is 17.1 Å². The summed E-state index contributed by atoms with van der Waals surface area (Å²) < 4.78 is 0. The zero-order valence-electron chi connectivity index (χ0n) is 10.5. The first-order valence-electron chi connectivity index (χ1n) is 5.80. The smallest absolute Gasteiger partial charge is 0.133 e. The average Bonchev–Trinajstić information content (AvgIpc) is 2.10. The maximum atomic E-state index is 11.5. The normalized spacial score (nSPS) is 36.6. The van der Waals surface area contributed by atoms with Gasteiger partial charge in [0.1, 0.15) is 5.78 Å². The summed E-state index contributed by atoms with van der Waals surface area (Å²) in [5, 5.41) is 19.9. The van der Waals surface area contributed by atoms with Gasteiger partial charge in [0.2, 0.25) is 0 Å². The number of rotatable bonds is 2. The Morgan fingerprint density at radius 3 is 2.50 bits per heavy atom. The molecule has 92 valence electrons. The maximum absolute atomic E-state index is 11.5. The predicted molar refractivity (Wildman–Crippen MR) is 63.0 cm³/mol. The summed E-state index contributed by atoms with van der Waals surface area (Å²) in [6.07, 6.45) is 3.47. The van der Waals surface area contributed by atoms with E-state index in [2.05, 4.69) is 0 Å². The van der Waals surface area contributed by atoms with Crippen LogP contribution in [0.25, 0.3) is 0 Å². The van der Waals surface area contributed by atoms with Gasteiger partial charge in [-0.2, -0.15) is 0 Å². The highest BCUT2D eigenvalue weighted by Crippen LogP contribution is 2.46. The van der Waals surface area contributed by atoms with Crippen LogP contribution in [0.2, 0.25) is 0 Å². The topological polar surface area (TPSA) is 57.5 Å². The van der Waals surface area contributed by atoms with Crippen LogP contribution in [0.3, 0.4) is 0 Å². The molecule has 1 saturated carbocycles. The van der Waals surface area contributed by atoms with Crippen LogP contribution in [-0.4, -0.2) is 27.7 Å². The van der Waals surface area contributed by atoms with Crippen molar-refractivity contribution >= 4 is 5.78 Å². The fraction of sp³-hybridized carbons (Fsp3) is 0.769. The second-order valence-electron chi connectivity index (χ2n) is 5.63. The number of hydrogen-bond acceptors (Lipinski definition) is 3. The Kier molecular flexibility index (Phi) is 3.60. The number of carbonyl (C=O) groups is 1. The number of aliphatic hydroxyl groups excluding tert-OH is 1. The lowest BCUT2D eigenvalue weighted by molar-refractivity contribution is -0.142. The van der Waals surface area contributed by atoms with Gasteiger partial charge in [0.25, 0.3) is 0 Å². The zero-order chi connectivity index (χ0) is 12.6. The van der Waals surface area contributed by atoms with Crippen LogP contribution < -0.4 is 0 Å². The SMILES string of the molecule is CC(O)C=C[C@@]1(O)[C@H](C)CC(=O)CC1(C)C. The van der Waals surface area contributed by atoms with Gasteiger partial charge in [-0.15, -0.1) is 0 Å². The van der Waals surface area contributed by atoms with E-state index in [4.69, 9.17) is 0 Å². The summed E-state index contributed by atoms with van der Waals surface area (Å²) in [5.41, 5.74) is -1.50. The van der Waals surface area contributed by atoms with E-state index in [0.29, 0.717) is 12.8 Å². The van der Waals surface area contributed by atoms with Gasteiger partial charge in [0.15, 0.2) is 0 Å². The molecular weight excluding hydrogens is 204 g/mol. The minimum Gasteiger partial charge on any atom is -0.389 e. The van der Waals surface area contributed by atoms with Gasteiger partial charge in [-0.3, -0.25) is 4.79 Å². The largest absolute Gasteiger partial charge is 0.389 e. The van der Waals surface area contributed by atoms with E-state index in [1.165, 1.54) is 0 Å². The Morgan fingerprint density at radius 1 is 1.50 bits per heavy atom. The average molecular weight is 226 g/mol. The van der Waals surface area contributed by atoms with Crippen LogP contribution in [0, 0.1) is 11.3 Å². The molecule has 0 bridgehead atoms. The molecule has 3 heteroatoms. The fourth-order valence-electron chi connectivity index (χ4n) is 2.55. The lowest BCUT2D eigenvalue weighted by Gasteiger charge is -2.48. The van der Waals surface area contributed by atoms with Gasteiger partial charge in [-0.05, 0) is 12.8 Å². The second-order valence-corrected chi connectivity index (χ2v) is 5.63. The van der Waals surface area contributed by atoms with Crippen molar-refractivity contribution in [1.82, 2.24) is 0 Å². The lowest BCUT2D eigenvalue weighted by atomic mass is 9.60. The molecule has 0 aliphatic heterocycles. The maximum Gasteiger partial charge on any atom is 0.133 e. The summed E-state index contributed by atoms with van der Waals surface area (Å²) >= 11 is 0. The molecule has 0 aromatic rings. The Hall–Kier alpha value is -0.670. The summed E-state index contributed by atoms with van der Waals surface area (Å²) in [5.74, 6) is 0.0892. The van der Waals surface area contributed by atoms with Crippen LogP contribution in [0.15, 0.2) is 12.2 Å². The summed E-state index contributed by atoms with van der Waals surface area (Å²) in [7, 11) is 0. The number of hydrogen-bond donors (Lipinski definition) is 2. The third-order valence-corrected chi connectivity index (χ3v) is 3.64. The highest BCUT2D eigenvalue weighted by molar-refractivity contribution is 5.81. The fourth-order valence-corrected chi connectivity index (χ4v) is 2.55. The van der Waals surface area contributed by atoms with Crippen molar-refractivity contribution in [2.24, 2.45) is 11.3 Å². The molecule has 0 spiro atoms. The van der Waals surface area contributed by atoms with Gasteiger partial charge in [-0.1, -0.05) is 32.9 Å². The minimum atomic E-state index is -1.02. The molecule has 0 amide bonds. The Labute approximate surface area is 97.2 Å². The highest BCUT2D eigenvalue weighted by Gasteiger charge is 2.50. The monoisotopic (exact) mass is 226 g/mol. The Morgan fingerprint density at radius 2 is 2.06 bits per heavy atom. The summed E-state index contributed by atoms with van der Waals surface area (Å²) in [6, 6.07) is 0. The number of ketones is 1. The van der Waals surface area contributed by atoms with E-state index in [9.17, 15) is 15.0 Å². The quantitative estimate of drug-likeness (QED) is 0.704. The molecule has 3 atom stereocenters. The first-order valence-corrected chi connectivity index (χ1v) is 5.80.